The van der Waals surface area contributed by atoms with Gasteiger partial charge in [0.15, 0.2) is 11.9 Å². The Labute approximate surface area is 215 Å². The van der Waals surface area contributed by atoms with Crippen LogP contribution in [0.2, 0.25) is 5.02 Å². The molecule has 1 unspecified atom stereocenters. The lowest BCUT2D eigenvalue weighted by Crippen LogP contribution is -2.62. The molecular formula is C25H32ClNO7S. The number of hydrogen-bond acceptors (Lipinski definition) is 8. The molecule has 1 aromatic carbocycles. The maximum absolute atomic E-state index is 12.4. The molecule has 1 aromatic rings. The van der Waals surface area contributed by atoms with E-state index in [-0.39, 0.29) is 35.8 Å². The molecule has 192 valence electrons. The van der Waals surface area contributed by atoms with Crippen LogP contribution in [0, 0.1) is 17.8 Å². The highest BCUT2D eigenvalue weighted by atomic mass is 35.5. The molecule has 35 heavy (non-hydrogen) atoms. The quantitative estimate of drug-likeness (QED) is 0.315. The number of hydrogen-bond donors (Lipinski definition) is 1. The Morgan fingerprint density at radius 2 is 2.00 bits per heavy atom. The number of esters is 1. The molecule has 8 nitrogen and oxygen atoms in total. The zero-order chi connectivity index (χ0) is 25.0. The van der Waals surface area contributed by atoms with Crippen molar-refractivity contribution in [2.45, 2.75) is 76.7 Å². The summed E-state index contributed by atoms with van der Waals surface area (Å²) < 4.78 is 24.0. The van der Waals surface area contributed by atoms with Crippen molar-refractivity contribution in [1.82, 2.24) is 0 Å². The predicted octanol–water partition coefficient (Wildman–Crippen LogP) is 5.23. The van der Waals surface area contributed by atoms with Crippen molar-refractivity contribution in [3.8, 4) is 0 Å². The highest BCUT2D eigenvalue weighted by Crippen LogP contribution is 2.63. The van der Waals surface area contributed by atoms with Crippen LogP contribution in [0.3, 0.4) is 0 Å². The first-order valence-corrected chi connectivity index (χ1v) is 13.0. The molecule has 2 bridgehead atoms. The molecule has 5 fully saturated rings. The fourth-order valence-corrected chi connectivity index (χ4v) is 6.64. The molecule has 7 atom stereocenters. The van der Waals surface area contributed by atoms with Gasteiger partial charge in [-0.25, -0.2) is 14.6 Å². The van der Waals surface area contributed by atoms with Gasteiger partial charge in [-0.1, -0.05) is 18.5 Å². The smallest absolute Gasteiger partial charge is 0.340 e. The first-order valence-electron chi connectivity index (χ1n) is 12.2. The van der Waals surface area contributed by atoms with Gasteiger partial charge < -0.3 is 24.3 Å². The summed E-state index contributed by atoms with van der Waals surface area (Å²) >= 11 is 11.5. The Bertz CT molecular complexity index is 1030. The number of rotatable bonds is 5. The molecule has 1 spiro atoms. The average Bonchev–Trinajstić information content (AvgIpc) is 2.89. The molecule has 10 heteroatoms. The Kier molecular flexibility index (Phi) is 6.56. The van der Waals surface area contributed by atoms with Gasteiger partial charge in [-0.15, -0.1) is 0 Å². The van der Waals surface area contributed by atoms with E-state index in [0.29, 0.717) is 16.6 Å². The zero-order valence-electron chi connectivity index (χ0n) is 20.4. The van der Waals surface area contributed by atoms with Crippen molar-refractivity contribution in [2.75, 3.05) is 18.5 Å². The van der Waals surface area contributed by atoms with E-state index in [2.05, 4.69) is 12.2 Å². The van der Waals surface area contributed by atoms with E-state index in [0.717, 1.165) is 25.7 Å². The van der Waals surface area contributed by atoms with Crippen LogP contribution >= 0.6 is 23.8 Å². The third-order valence-electron chi connectivity index (χ3n) is 8.04. The molecule has 4 aliphatic heterocycles. The van der Waals surface area contributed by atoms with Crippen LogP contribution in [-0.2, 0) is 28.7 Å². The van der Waals surface area contributed by atoms with E-state index in [1.165, 1.54) is 6.07 Å². The lowest BCUT2D eigenvalue weighted by atomic mass is 9.60. The fraction of sp³-hybridized carbons (Fsp3) is 0.680. The van der Waals surface area contributed by atoms with Gasteiger partial charge in [-0.3, -0.25) is 0 Å². The molecule has 1 aliphatic carbocycles. The van der Waals surface area contributed by atoms with Gasteiger partial charge >= 0.3 is 5.97 Å². The van der Waals surface area contributed by atoms with E-state index < -0.39 is 29.2 Å². The SMILES string of the molecule is CCOC(=O)c1cc(Cl)ccc1NC(=S)OC[C@@]1(C)O[C@@H]2O[C@]3(C)CCC4[C@H](C)CC[C@@H]1[C@]42OO3. The van der Waals surface area contributed by atoms with Gasteiger partial charge in [0.05, 0.1) is 17.9 Å². The molecule has 1 saturated carbocycles. The number of fused-ring (bicyclic) bond motifs is 2. The summed E-state index contributed by atoms with van der Waals surface area (Å²) in [5, 5.41) is 3.53. The normalized spacial score (nSPS) is 39.5. The number of carbonyl (C=O) groups excluding carboxylic acids is 1. The second-order valence-corrected chi connectivity index (χ2v) is 11.2. The topological polar surface area (TPSA) is 84.5 Å². The maximum Gasteiger partial charge on any atom is 0.340 e. The standard InChI is InChI=1S/C25H32ClNO7S/c1-5-29-20(28)16-12-15(26)7-8-18(16)27-22(35)30-13-23(3)19-9-6-14(2)17-10-11-24(4)32-21(31-23)25(17,19)34-33-24/h7-8,12,14,17,19,21H,5-6,9-11,13H2,1-4H3,(H,27,35)/t14-,17?,19+,21-,23-,24+,25-/m1/s1. The number of carbonyl (C=O) groups is 1. The first-order chi connectivity index (χ1) is 16.6. The Morgan fingerprint density at radius 3 is 2.77 bits per heavy atom. The van der Waals surface area contributed by atoms with Crippen molar-refractivity contribution in [2.24, 2.45) is 17.8 Å². The number of benzene rings is 1. The first kappa shape index (κ1) is 25.2. The van der Waals surface area contributed by atoms with Gasteiger partial charge in [0.2, 0.25) is 5.79 Å². The molecule has 1 N–H and O–H groups in total. The number of halogens is 1. The number of anilines is 1. The summed E-state index contributed by atoms with van der Waals surface area (Å²) in [6.07, 6.45) is 3.16. The summed E-state index contributed by atoms with van der Waals surface area (Å²) in [7, 11) is 0. The van der Waals surface area contributed by atoms with E-state index in [1.807, 2.05) is 13.8 Å². The Balaban J connectivity index is 1.32. The maximum atomic E-state index is 12.4. The average molecular weight is 526 g/mol. The summed E-state index contributed by atoms with van der Waals surface area (Å²) in [4.78, 5) is 24.4. The molecule has 0 radical (unpaired) electrons. The van der Waals surface area contributed by atoms with Crippen molar-refractivity contribution in [3.05, 3.63) is 28.8 Å². The molecule has 6 rings (SSSR count). The Hall–Kier alpha value is -1.49. The predicted molar refractivity (Wildman–Crippen MR) is 132 cm³/mol. The van der Waals surface area contributed by atoms with E-state index >= 15 is 0 Å². The van der Waals surface area contributed by atoms with Crippen LogP contribution in [0.15, 0.2) is 18.2 Å². The second-order valence-electron chi connectivity index (χ2n) is 10.4. The zero-order valence-corrected chi connectivity index (χ0v) is 22.0. The highest BCUT2D eigenvalue weighted by molar-refractivity contribution is 7.80. The molecule has 0 aromatic heterocycles. The third kappa shape index (κ3) is 4.24. The summed E-state index contributed by atoms with van der Waals surface area (Å²) in [6, 6.07) is 4.87. The van der Waals surface area contributed by atoms with Crippen LogP contribution in [0.4, 0.5) is 5.69 Å². The monoisotopic (exact) mass is 525 g/mol. The molecular weight excluding hydrogens is 494 g/mol. The lowest BCUT2D eigenvalue weighted by molar-refractivity contribution is -0.541. The van der Waals surface area contributed by atoms with Gasteiger partial charge in [0.1, 0.15) is 12.2 Å². The molecule has 5 aliphatic rings. The summed E-state index contributed by atoms with van der Waals surface area (Å²) in [5.74, 6) is -0.562. The van der Waals surface area contributed by atoms with Crippen LogP contribution in [0.25, 0.3) is 0 Å². The van der Waals surface area contributed by atoms with Gasteiger partial charge in [0, 0.05) is 17.4 Å². The molecule has 4 heterocycles. The lowest BCUT2D eigenvalue weighted by Gasteiger charge is -2.50. The highest BCUT2D eigenvalue weighted by Gasteiger charge is 2.74. The van der Waals surface area contributed by atoms with Crippen molar-refractivity contribution < 1.29 is 33.5 Å². The van der Waals surface area contributed by atoms with Crippen LogP contribution < -0.4 is 5.32 Å². The molecule has 4 saturated heterocycles. The summed E-state index contributed by atoms with van der Waals surface area (Å²) in [6.45, 7) is 8.37. The largest absolute Gasteiger partial charge is 0.468 e. The minimum Gasteiger partial charge on any atom is -0.468 e. The minimum absolute atomic E-state index is 0.0114. The van der Waals surface area contributed by atoms with Crippen molar-refractivity contribution >= 4 is 40.7 Å². The minimum atomic E-state index is -0.821. The van der Waals surface area contributed by atoms with Gasteiger partial charge in [0.25, 0.3) is 5.17 Å². The van der Waals surface area contributed by atoms with Gasteiger partial charge in [-0.05, 0) is 82.3 Å². The number of ether oxygens (including phenoxy) is 4. The third-order valence-corrected chi connectivity index (χ3v) is 8.49. The van der Waals surface area contributed by atoms with E-state index in [4.69, 9.17) is 52.5 Å². The van der Waals surface area contributed by atoms with Gasteiger partial charge in [-0.2, -0.15) is 0 Å². The van der Waals surface area contributed by atoms with E-state index in [9.17, 15) is 4.79 Å². The van der Waals surface area contributed by atoms with Crippen LogP contribution in [-0.4, -0.2) is 47.6 Å². The van der Waals surface area contributed by atoms with Crippen molar-refractivity contribution in [1.29, 1.82) is 0 Å². The van der Waals surface area contributed by atoms with Crippen molar-refractivity contribution in [3.63, 3.8) is 0 Å². The fourth-order valence-electron chi connectivity index (χ4n) is 6.30. The molecule has 0 amide bonds. The van der Waals surface area contributed by atoms with E-state index in [1.54, 1.807) is 19.1 Å². The van der Waals surface area contributed by atoms with Crippen LogP contribution in [0.5, 0.6) is 0 Å². The second kappa shape index (κ2) is 9.11. The number of nitrogens with one attached hydrogen (secondary N) is 1. The number of thiocarbonyl (C=S) groups is 1. The summed E-state index contributed by atoms with van der Waals surface area (Å²) in [5.41, 5.74) is -0.640. The van der Waals surface area contributed by atoms with Crippen LogP contribution in [0.1, 0.15) is 63.7 Å². The Morgan fingerprint density at radius 1 is 1.20 bits per heavy atom.